The third-order valence-electron chi connectivity index (χ3n) is 8.75. The number of aliphatic hydroxyl groups excluding tert-OH is 1. The third kappa shape index (κ3) is 9.15. The molecule has 4 atom stereocenters. The van der Waals surface area contributed by atoms with E-state index in [4.69, 9.17) is 18.7 Å². The molecule has 2 N–H and O–H groups in total. The molecular weight excluding hydrogens is 689 g/mol. The highest BCUT2D eigenvalue weighted by Crippen LogP contribution is 2.31. The van der Waals surface area contributed by atoms with E-state index in [-0.39, 0.29) is 64.0 Å². The smallest absolute Gasteiger partial charge is 0.267 e. The van der Waals surface area contributed by atoms with Crippen LogP contribution in [0.4, 0.5) is 5.69 Å². The lowest BCUT2D eigenvalue weighted by atomic mass is 10.0. The Kier molecular flexibility index (Phi) is 12.9. The number of carbonyl (C=O) groups excluding carboxylic acids is 1. The SMILES string of the molecule is COc1ccc(S(=O)(=O)N(C)C[C@@H]2OCCCC[C@H](C)Oc3ccc(NS(=O)(=O)c4c(C)noc4C)cc3C(=O)N([C@@H](C)CO)C[C@H]2C)cc1. The summed E-state index contributed by atoms with van der Waals surface area (Å²) in [5.41, 5.74) is 0.403. The van der Waals surface area contributed by atoms with Gasteiger partial charge in [-0.05, 0) is 89.4 Å². The number of amides is 1. The summed E-state index contributed by atoms with van der Waals surface area (Å²) in [6.07, 6.45) is 1.16. The number of nitrogens with zero attached hydrogens (tertiary/aromatic N) is 3. The summed E-state index contributed by atoms with van der Waals surface area (Å²) >= 11 is 0. The molecule has 0 fully saturated rings. The van der Waals surface area contributed by atoms with Gasteiger partial charge < -0.3 is 28.7 Å². The van der Waals surface area contributed by atoms with Crippen molar-refractivity contribution in [1.82, 2.24) is 14.4 Å². The second kappa shape index (κ2) is 16.5. The minimum Gasteiger partial charge on any atom is -0.497 e. The molecule has 0 saturated carbocycles. The Morgan fingerprint density at radius 1 is 1.10 bits per heavy atom. The number of fused-ring (bicyclic) bond motifs is 1. The van der Waals surface area contributed by atoms with Gasteiger partial charge in [0.05, 0.1) is 42.4 Å². The molecule has 16 heteroatoms. The fourth-order valence-corrected chi connectivity index (χ4v) is 8.36. The number of hydrogen-bond donors (Lipinski definition) is 2. The number of nitrogens with one attached hydrogen (secondary N) is 1. The van der Waals surface area contributed by atoms with Gasteiger partial charge in [-0.25, -0.2) is 16.8 Å². The fourth-order valence-electron chi connectivity index (χ4n) is 5.79. The van der Waals surface area contributed by atoms with Crippen molar-refractivity contribution in [3.8, 4) is 11.5 Å². The molecule has 3 aromatic rings. The van der Waals surface area contributed by atoms with E-state index in [1.54, 1.807) is 25.1 Å². The maximum atomic E-state index is 14.4. The number of benzene rings is 2. The number of carbonyl (C=O) groups is 1. The summed E-state index contributed by atoms with van der Waals surface area (Å²) in [7, 11) is -5.02. The average molecular weight is 737 g/mol. The number of aliphatic hydroxyl groups is 1. The van der Waals surface area contributed by atoms with E-state index in [9.17, 15) is 26.7 Å². The van der Waals surface area contributed by atoms with Gasteiger partial charge in [0.1, 0.15) is 17.2 Å². The van der Waals surface area contributed by atoms with Crippen LogP contribution in [0.15, 0.2) is 56.8 Å². The Bertz CT molecular complexity index is 1810. The molecule has 2 heterocycles. The Hall–Kier alpha value is -3.70. The maximum absolute atomic E-state index is 14.4. The lowest BCUT2D eigenvalue weighted by Gasteiger charge is -2.35. The molecule has 1 aliphatic rings. The van der Waals surface area contributed by atoms with Crippen molar-refractivity contribution in [3.63, 3.8) is 0 Å². The molecule has 0 radical (unpaired) electrons. The molecule has 0 aliphatic carbocycles. The molecule has 0 unspecified atom stereocenters. The Balaban J connectivity index is 1.68. The van der Waals surface area contributed by atoms with Gasteiger partial charge in [-0.3, -0.25) is 9.52 Å². The van der Waals surface area contributed by atoms with E-state index in [0.717, 1.165) is 6.42 Å². The number of hydrogen-bond acceptors (Lipinski definition) is 11. The predicted octanol–water partition coefficient (Wildman–Crippen LogP) is 4.22. The molecule has 0 spiro atoms. The highest BCUT2D eigenvalue weighted by atomic mass is 32.2. The second-order valence-corrected chi connectivity index (χ2v) is 16.4. The van der Waals surface area contributed by atoms with E-state index >= 15 is 0 Å². The number of anilines is 1. The third-order valence-corrected chi connectivity index (χ3v) is 12.2. The first-order valence-electron chi connectivity index (χ1n) is 16.5. The Morgan fingerprint density at radius 3 is 2.42 bits per heavy atom. The molecule has 0 bridgehead atoms. The summed E-state index contributed by atoms with van der Waals surface area (Å²) in [6.45, 7) is 8.56. The van der Waals surface area contributed by atoms with Crippen LogP contribution in [0.3, 0.4) is 0 Å². The van der Waals surface area contributed by atoms with Crippen molar-refractivity contribution in [2.75, 3.05) is 45.2 Å². The van der Waals surface area contributed by atoms with Crippen molar-refractivity contribution in [3.05, 3.63) is 59.5 Å². The highest BCUT2D eigenvalue weighted by molar-refractivity contribution is 7.92. The van der Waals surface area contributed by atoms with Gasteiger partial charge in [-0.2, -0.15) is 4.31 Å². The number of aromatic nitrogens is 1. The normalized spacial score (nSPS) is 20.5. The molecule has 276 valence electrons. The zero-order chi connectivity index (χ0) is 36.8. The number of sulfonamides is 2. The van der Waals surface area contributed by atoms with E-state index in [1.807, 2.05) is 13.8 Å². The van der Waals surface area contributed by atoms with E-state index in [1.165, 1.54) is 61.5 Å². The number of aryl methyl sites for hydroxylation is 2. The molecule has 1 aliphatic heterocycles. The van der Waals surface area contributed by atoms with Crippen molar-refractivity contribution >= 4 is 31.6 Å². The summed E-state index contributed by atoms with van der Waals surface area (Å²) in [5, 5.41) is 14.0. The van der Waals surface area contributed by atoms with Crippen LogP contribution in [0.25, 0.3) is 0 Å². The van der Waals surface area contributed by atoms with Gasteiger partial charge in [0.15, 0.2) is 10.7 Å². The lowest BCUT2D eigenvalue weighted by Crippen LogP contribution is -2.48. The van der Waals surface area contributed by atoms with Gasteiger partial charge in [0, 0.05) is 38.3 Å². The Labute approximate surface area is 294 Å². The van der Waals surface area contributed by atoms with Gasteiger partial charge in [-0.15, -0.1) is 0 Å². The monoisotopic (exact) mass is 736 g/mol. The number of likely N-dealkylation sites (N-methyl/N-ethyl adjacent to an activating group) is 1. The summed E-state index contributed by atoms with van der Waals surface area (Å²) in [6, 6.07) is 9.95. The summed E-state index contributed by atoms with van der Waals surface area (Å²) in [4.78, 5) is 15.9. The van der Waals surface area contributed by atoms with Gasteiger partial charge in [0.25, 0.3) is 15.9 Å². The first-order chi connectivity index (χ1) is 23.6. The van der Waals surface area contributed by atoms with Crippen molar-refractivity contribution in [2.45, 2.75) is 81.9 Å². The molecule has 14 nitrogen and oxygen atoms in total. The van der Waals surface area contributed by atoms with Crippen LogP contribution in [0.1, 0.15) is 61.8 Å². The zero-order valence-electron chi connectivity index (χ0n) is 29.6. The topological polar surface area (TPSA) is 178 Å². The van der Waals surface area contributed by atoms with Crippen LogP contribution in [0.2, 0.25) is 0 Å². The van der Waals surface area contributed by atoms with Gasteiger partial charge >= 0.3 is 0 Å². The number of methoxy groups -OCH3 is 1. The predicted molar refractivity (Wildman–Crippen MR) is 186 cm³/mol. The molecule has 2 aromatic carbocycles. The first kappa shape index (κ1) is 39.1. The van der Waals surface area contributed by atoms with Crippen molar-refractivity contribution < 1.29 is 45.5 Å². The van der Waals surface area contributed by atoms with Gasteiger partial charge in [-0.1, -0.05) is 12.1 Å². The van der Waals surface area contributed by atoms with Crippen molar-refractivity contribution in [2.24, 2.45) is 5.92 Å². The van der Waals surface area contributed by atoms with Crippen LogP contribution in [0, 0.1) is 19.8 Å². The fraction of sp³-hybridized carbons (Fsp3) is 0.529. The zero-order valence-corrected chi connectivity index (χ0v) is 31.2. The van der Waals surface area contributed by atoms with E-state index in [0.29, 0.717) is 25.2 Å². The minimum absolute atomic E-state index is 0.00873. The average Bonchev–Trinajstić information content (AvgIpc) is 3.43. The molecule has 4 rings (SSSR count). The summed E-state index contributed by atoms with van der Waals surface area (Å²) in [5.74, 6) is 0.0185. The lowest BCUT2D eigenvalue weighted by molar-refractivity contribution is -0.00834. The standard InChI is InChI=1S/C34H48N4O10S2/c1-22-19-38(23(2)21-39)34(40)30-18-27(36-49(41,42)33-25(4)35-48-26(33)5)11-16-31(30)47-24(3)10-8-9-17-46-32(22)20-37(6)50(43,44)29-14-12-28(45-7)13-15-29/h11-16,18,22-24,32,36,39H,8-10,17,19-21H2,1-7H3/t22-,23+,24+,32+/m1/s1. The summed E-state index contributed by atoms with van der Waals surface area (Å²) < 4.78 is 80.2. The second-order valence-electron chi connectivity index (χ2n) is 12.7. The highest BCUT2D eigenvalue weighted by Gasteiger charge is 2.33. The van der Waals surface area contributed by atoms with Crippen LogP contribution >= 0.6 is 0 Å². The molecule has 0 saturated heterocycles. The van der Waals surface area contributed by atoms with E-state index < -0.39 is 44.0 Å². The first-order valence-corrected chi connectivity index (χ1v) is 19.4. The minimum atomic E-state index is -4.12. The quantitative estimate of drug-likeness (QED) is 0.305. The maximum Gasteiger partial charge on any atom is 0.267 e. The van der Waals surface area contributed by atoms with Crippen LogP contribution in [-0.2, 0) is 24.8 Å². The molecule has 50 heavy (non-hydrogen) atoms. The number of ether oxygens (including phenoxy) is 3. The van der Waals surface area contributed by atoms with Crippen LogP contribution in [-0.4, -0.2) is 101 Å². The van der Waals surface area contributed by atoms with Crippen molar-refractivity contribution in [1.29, 1.82) is 0 Å². The van der Waals surface area contributed by atoms with Crippen LogP contribution in [0.5, 0.6) is 11.5 Å². The van der Waals surface area contributed by atoms with Gasteiger partial charge in [0.2, 0.25) is 10.0 Å². The largest absolute Gasteiger partial charge is 0.497 e. The van der Waals surface area contributed by atoms with Crippen LogP contribution < -0.4 is 14.2 Å². The number of rotatable bonds is 10. The molecular formula is C34H48N4O10S2. The molecule has 1 aromatic heterocycles. The van der Waals surface area contributed by atoms with E-state index in [2.05, 4.69) is 9.88 Å². The Morgan fingerprint density at radius 2 is 1.80 bits per heavy atom. The molecule has 1 amide bonds.